The van der Waals surface area contributed by atoms with Gasteiger partial charge in [0.25, 0.3) is 0 Å². The maximum Gasteiger partial charge on any atom is 0.235 e. The molecule has 0 saturated heterocycles. The number of rotatable bonds is 6. The molecule has 0 amide bonds. The molecule has 7 aromatic carbocycles. The third-order valence-electron chi connectivity index (χ3n) is 12.1. The maximum atomic E-state index is 6.14. The van der Waals surface area contributed by atoms with E-state index >= 15 is 0 Å². The Kier molecular flexibility index (Phi) is 7.74. The molecule has 294 valence electrons. The molecule has 8 heteroatoms. The molecule has 63 heavy (non-hydrogen) atoms. The van der Waals surface area contributed by atoms with Gasteiger partial charge in [0.1, 0.15) is 11.1 Å². The average molecular weight is 808 g/mol. The first-order chi connectivity index (χ1) is 31.2. The van der Waals surface area contributed by atoms with E-state index in [1.807, 2.05) is 73.2 Å². The van der Waals surface area contributed by atoms with Crippen LogP contribution in [-0.2, 0) is 0 Å². The fourth-order valence-corrected chi connectivity index (χ4v) is 9.17. The standard InChI is InChI=1S/C55H33N7O/c1-3-12-34(13-4-1)44-31-45(35-14-5-2-6-15-35)60-55(59-44)62-49-19-10-8-17-40(49)42-28-36(22-25-50(42)62)46-32-56-33-47(58-46)37-21-24-41-39-16-7-9-18-48(39)61(51(41)29-37)38-23-26-52-43(30-38)54-53(63-52)20-11-27-57-54/h1-33H. The van der Waals surface area contributed by atoms with Crippen molar-refractivity contribution in [2.45, 2.75) is 0 Å². The number of pyridine rings is 1. The van der Waals surface area contributed by atoms with E-state index in [1.54, 1.807) is 0 Å². The van der Waals surface area contributed by atoms with Crippen molar-refractivity contribution in [2.75, 3.05) is 0 Å². The van der Waals surface area contributed by atoms with Gasteiger partial charge in [-0.05, 0) is 66.7 Å². The zero-order valence-corrected chi connectivity index (χ0v) is 33.6. The average Bonchev–Trinajstić information content (AvgIpc) is 4.01. The van der Waals surface area contributed by atoms with E-state index in [9.17, 15) is 0 Å². The molecule has 0 spiro atoms. The van der Waals surface area contributed by atoms with Crippen LogP contribution in [0.4, 0.5) is 0 Å². The van der Waals surface area contributed by atoms with Crippen LogP contribution >= 0.6 is 0 Å². The van der Waals surface area contributed by atoms with Crippen molar-refractivity contribution in [3.63, 3.8) is 0 Å². The first-order valence-corrected chi connectivity index (χ1v) is 20.9. The van der Waals surface area contributed by atoms with Crippen LogP contribution in [-0.4, -0.2) is 34.1 Å². The molecule has 0 radical (unpaired) electrons. The fraction of sp³-hybridized carbons (Fsp3) is 0. The summed E-state index contributed by atoms with van der Waals surface area (Å²) in [7, 11) is 0. The summed E-state index contributed by atoms with van der Waals surface area (Å²) in [6.45, 7) is 0. The first kappa shape index (κ1) is 35.0. The summed E-state index contributed by atoms with van der Waals surface area (Å²) in [5.41, 5.74) is 15.0. The van der Waals surface area contributed by atoms with Crippen LogP contribution < -0.4 is 0 Å². The Morgan fingerprint density at radius 2 is 0.984 bits per heavy atom. The highest BCUT2D eigenvalue weighted by Gasteiger charge is 2.20. The molecule has 0 bridgehead atoms. The van der Waals surface area contributed by atoms with E-state index in [2.05, 4.69) is 142 Å². The van der Waals surface area contributed by atoms with Crippen LogP contribution in [0.3, 0.4) is 0 Å². The van der Waals surface area contributed by atoms with Gasteiger partial charge in [0, 0.05) is 61.1 Å². The van der Waals surface area contributed by atoms with Crippen LogP contribution in [0.2, 0.25) is 0 Å². The highest BCUT2D eigenvalue weighted by Crippen LogP contribution is 2.38. The number of para-hydroxylation sites is 2. The van der Waals surface area contributed by atoms with Crippen molar-refractivity contribution in [1.29, 1.82) is 0 Å². The Labute approximate surface area is 360 Å². The Morgan fingerprint density at radius 1 is 0.365 bits per heavy atom. The summed E-state index contributed by atoms with van der Waals surface area (Å²) >= 11 is 0. The molecule has 13 rings (SSSR count). The highest BCUT2D eigenvalue weighted by atomic mass is 16.3. The molecule has 6 aromatic heterocycles. The van der Waals surface area contributed by atoms with Gasteiger partial charge in [0.15, 0.2) is 5.58 Å². The monoisotopic (exact) mass is 807 g/mol. The van der Waals surface area contributed by atoms with Crippen molar-refractivity contribution in [3.8, 4) is 56.7 Å². The quantitative estimate of drug-likeness (QED) is 0.166. The van der Waals surface area contributed by atoms with E-state index in [0.717, 1.165) is 111 Å². The summed E-state index contributed by atoms with van der Waals surface area (Å²) < 4.78 is 10.6. The molecule has 0 aliphatic rings. The number of fused-ring (bicyclic) bond motifs is 9. The molecule has 6 heterocycles. The molecule has 8 nitrogen and oxygen atoms in total. The second-order valence-electron chi connectivity index (χ2n) is 15.8. The lowest BCUT2D eigenvalue weighted by Crippen LogP contribution is -2.04. The van der Waals surface area contributed by atoms with E-state index in [1.165, 1.54) is 5.39 Å². The molecule has 13 aromatic rings. The summed E-state index contributed by atoms with van der Waals surface area (Å²) in [5.74, 6) is 0.610. The highest BCUT2D eigenvalue weighted by molar-refractivity contribution is 6.12. The Hall–Kier alpha value is -8.75. The zero-order valence-electron chi connectivity index (χ0n) is 33.6. The Morgan fingerprint density at radius 3 is 1.73 bits per heavy atom. The summed E-state index contributed by atoms with van der Waals surface area (Å²) in [4.78, 5) is 25.1. The minimum absolute atomic E-state index is 0.610. The van der Waals surface area contributed by atoms with Gasteiger partial charge in [-0.15, -0.1) is 0 Å². The predicted molar refractivity (Wildman–Crippen MR) is 253 cm³/mol. The molecule has 0 saturated carbocycles. The molecule has 0 aliphatic carbocycles. The Balaban J connectivity index is 0.937. The second kappa shape index (κ2) is 13.9. The van der Waals surface area contributed by atoms with Gasteiger partial charge in [-0.25, -0.2) is 15.0 Å². The largest absolute Gasteiger partial charge is 0.454 e. The SMILES string of the molecule is c1ccc(-c2cc(-c3ccccc3)nc(-n3c4ccccc4c4cc(-c5cncc(-c6ccc7c8ccccc8n(-c8ccc9oc%10cccnc%10c9c8)c7c6)n5)ccc43)n2)cc1. The molecular weight excluding hydrogens is 775 g/mol. The molecule has 0 atom stereocenters. The predicted octanol–water partition coefficient (Wildman–Crippen LogP) is 13.4. The summed E-state index contributed by atoms with van der Waals surface area (Å²) in [5, 5.41) is 5.49. The van der Waals surface area contributed by atoms with Crippen LogP contribution in [0.25, 0.3) is 122 Å². The smallest absolute Gasteiger partial charge is 0.235 e. The lowest BCUT2D eigenvalue weighted by molar-refractivity contribution is 0.668. The lowest BCUT2D eigenvalue weighted by atomic mass is 10.1. The minimum atomic E-state index is 0.610. The van der Waals surface area contributed by atoms with Gasteiger partial charge in [-0.2, -0.15) is 0 Å². The molecule has 0 fully saturated rings. The van der Waals surface area contributed by atoms with Gasteiger partial charge >= 0.3 is 0 Å². The van der Waals surface area contributed by atoms with Gasteiger partial charge in [0.05, 0.1) is 57.2 Å². The van der Waals surface area contributed by atoms with Crippen molar-refractivity contribution in [2.24, 2.45) is 0 Å². The topological polar surface area (TPSA) is 87.5 Å². The summed E-state index contributed by atoms with van der Waals surface area (Å²) in [6, 6.07) is 62.9. The van der Waals surface area contributed by atoms with E-state index in [0.29, 0.717) is 5.95 Å². The normalized spacial score (nSPS) is 11.8. The van der Waals surface area contributed by atoms with E-state index < -0.39 is 0 Å². The third kappa shape index (κ3) is 5.66. The number of benzene rings is 7. The number of aromatic nitrogens is 7. The molecular formula is C55H33N7O. The lowest BCUT2D eigenvalue weighted by Gasteiger charge is -2.12. The zero-order chi connectivity index (χ0) is 41.4. The van der Waals surface area contributed by atoms with Crippen molar-refractivity contribution in [1.82, 2.24) is 34.1 Å². The summed E-state index contributed by atoms with van der Waals surface area (Å²) in [6.07, 6.45) is 5.50. The number of furan rings is 1. The molecule has 0 unspecified atom stereocenters. The number of hydrogen-bond donors (Lipinski definition) is 0. The molecule has 0 N–H and O–H groups in total. The second-order valence-corrected chi connectivity index (χ2v) is 15.8. The van der Waals surface area contributed by atoms with Gasteiger partial charge in [0.2, 0.25) is 5.95 Å². The number of nitrogens with zero attached hydrogens (tertiary/aromatic N) is 7. The van der Waals surface area contributed by atoms with Gasteiger partial charge in [-0.1, -0.05) is 115 Å². The fourth-order valence-electron chi connectivity index (χ4n) is 9.17. The van der Waals surface area contributed by atoms with Crippen molar-refractivity contribution in [3.05, 3.63) is 201 Å². The van der Waals surface area contributed by atoms with Crippen LogP contribution in [0.15, 0.2) is 205 Å². The van der Waals surface area contributed by atoms with E-state index in [-0.39, 0.29) is 0 Å². The van der Waals surface area contributed by atoms with Crippen molar-refractivity contribution >= 4 is 65.7 Å². The first-order valence-electron chi connectivity index (χ1n) is 20.9. The minimum Gasteiger partial charge on any atom is -0.454 e. The van der Waals surface area contributed by atoms with Crippen LogP contribution in [0, 0.1) is 0 Å². The van der Waals surface area contributed by atoms with Crippen molar-refractivity contribution < 1.29 is 4.42 Å². The third-order valence-corrected chi connectivity index (χ3v) is 12.1. The Bertz CT molecular complexity index is 3870. The molecule has 0 aliphatic heterocycles. The van der Waals surface area contributed by atoms with Crippen LogP contribution in [0.1, 0.15) is 0 Å². The maximum absolute atomic E-state index is 6.14. The van der Waals surface area contributed by atoms with Gasteiger partial charge in [-0.3, -0.25) is 14.5 Å². The van der Waals surface area contributed by atoms with E-state index in [4.69, 9.17) is 24.4 Å². The number of hydrogen-bond acceptors (Lipinski definition) is 6. The van der Waals surface area contributed by atoms with Crippen LogP contribution in [0.5, 0.6) is 0 Å². The van der Waals surface area contributed by atoms with Gasteiger partial charge < -0.3 is 8.98 Å².